The average molecular weight is 456 g/mol. The summed E-state index contributed by atoms with van der Waals surface area (Å²) < 4.78 is 0. The molecule has 0 spiro atoms. The van der Waals surface area contributed by atoms with Gasteiger partial charge in [-0.15, -0.1) is 34.2 Å². The second-order valence-corrected chi connectivity index (χ2v) is 5.27. The Hall–Kier alpha value is -1.13. The van der Waals surface area contributed by atoms with Crippen molar-refractivity contribution in [3.05, 3.63) is 39.6 Å². The monoisotopic (exact) mass is 455 g/mol. The number of aryl methyl sites for hydroxylation is 1. The summed E-state index contributed by atoms with van der Waals surface area (Å²) in [7, 11) is 1.69. The maximum absolute atomic E-state index is 6.15. The fraction of sp³-hybridized carbons (Fsp3) is 0.333. The van der Waals surface area contributed by atoms with Gasteiger partial charge in [0.25, 0.3) is 0 Å². The van der Waals surface area contributed by atoms with E-state index in [9.17, 15) is 0 Å². The Morgan fingerprint density at radius 2 is 2.18 bits per heavy atom. The van der Waals surface area contributed by atoms with Crippen LogP contribution in [0.4, 0.5) is 0 Å². The number of nitrogens with zero attached hydrogens (tertiary/aromatic N) is 5. The Labute approximate surface area is 155 Å². The van der Waals surface area contributed by atoms with E-state index in [-0.39, 0.29) is 42.5 Å². The van der Waals surface area contributed by atoms with Crippen LogP contribution in [-0.4, -0.2) is 26.2 Å². The second kappa shape index (κ2) is 8.49. The zero-order valence-corrected chi connectivity index (χ0v) is 15.8. The average Bonchev–Trinajstić information content (AvgIpc) is 2.82. The van der Waals surface area contributed by atoms with Gasteiger partial charge in [-0.05, 0) is 29.8 Å². The molecule has 3 N–H and O–H groups in total. The van der Waals surface area contributed by atoms with Crippen LogP contribution in [0.5, 0.6) is 0 Å². The fourth-order valence-corrected chi connectivity index (χ4v) is 2.31. The molecule has 0 aliphatic rings. The van der Waals surface area contributed by atoms with E-state index >= 15 is 0 Å². The minimum atomic E-state index is -0.103. The van der Waals surface area contributed by atoms with Crippen molar-refractivity contribution in [3.63, 3.8) is 0 Å². The third-order valence-electron chi connectivity index (χ3n) is 2.73. The van der Waals surface area contributed by atoms with Crippen LogP contribution in [0.25, 0.3) is 0 Å². The molecule has 0 aliphatic heterocycles. The smallest absolute Gasteiger partial charge is 0.196 e. The van der Waals surface area contributed by atoms with Crippen LogP contribution in [0.15, 0.2) is 23.2 Å². The third kappa shape index (κ3) is 5.25. The molecule has 0 saturated heterocycles. The molecule has 2 aromatic rings. The summed E-state index contributed by atoms with van der Waals surface area (Å²) in [6, 6.07) is 5.21. The maximum Gasteiger partial charge on any atom is 0.196 e. The highest BCUT2D eigenvalue weighted by Crippen LogP contribution is 2.25. The van der Waals surface area contributed by atoms with E-state index in [2.05, 4.69) is 25.7 Å². The van der Waals surface area contributed by atoms with E-state index in [4.69, 9.17) is 28.9 Å². The van der Waals surface area contributed by atoms with E-state index < -0.39 is 0 Å². The quantitative estimate of drug-likeness (QED) is 0.419. The lowest BCUT2D eigenvalue weighted by atomic mass is 10.1. The summed E-state index contributed by atoms with van der Waals surface area (Å²) in [5.74, 6) is 0.778. The molecule has 0 bridgehead atoms. The first-order chi connectivity index (χ1) is 9.95. The van der Waals surface area contributed by atoms with Crippen LogP contribution in [-0.2, 0) is 13.6 Å². The number of benzene rings is 1. The van der Waals surface area contributed by atoms with Gasteiger partial charge in [0.15, 0.2) is 11.8 Å². The number of aliphatic imine (C=N–C) groups is 1. The molecule has 2 rings (SSSR count). The van der Waals surface area contributed by atoms with Gasteiger partial charge in [0.2, 0.25) is 0 Å². The Morgan fingerprint density at radius 1 is 1.45 bits per heavy atom. The molecule has 1 aromatic heterocycles. The summed E-state index contributed by atoms with van der Waals surface area (Å²) in [5, 5.41) is 15.8. The normalized spacial score (nSPS) is 12.6. The van der Waals surface area contributed by atoms with Crippen LogP contribution < -0.4 is 11.1 Å². The number of aromatic nitrogens is 4. The highest BCUT2D eigenvalue weighted by molar-refractivity contribution is 14.0. The summed E-state index contributed by atoms with van der Waals surface area (Å²) >= 11 is 12.0. The Balaban J connectivity index is 0.00000242. The van der Waals surface area contributed by atoms with Gasteiger partial charge in [0.1, 0.15) is 6.54 Å². The molecule has 7 nitrogen and oxygen atoms in total. The van der Waals surface area contributed by atoms with E-state index in [1.54, 1.807) is 19.2 Å². The molecule has 1 unspecified atom stereocenters. The van der Waals surface area contributed by atoms with E-state index in [0.717, 1.165) is 5.56 Å². The number of guanidine groups is 1. The van der Waals surface area contributed by atoms with Gasteiger partial charge in [-0.1, -0.05) is 29.3 Å². The van der Waals surface area contributed by atoms with Gasteiger partial charge in [-0.3, -0.25) is 0 Å². The number of nitrogens with two attached hydrogens (primary N) is 1. The van der Waals surface area contributed by atoms with Gasteiger partial charge < -0.3 is 11.1 Å². The van der Waals surface area contributed by atoms with Crippen molar-refractivity contribution in [3.8, 4) is 0 Å². The SMILES string of the molecule is CC(NC(N)=NCc1nnn(C)n1)c1ccc(Cl)cc1Cl.I. The topological polar surface area (TPSA) is 94.0 Å². The highest BCUT2D eigenvalue weighted by Gasteiger charge is 2.10. The van der Waals surface area contributed by atoms with Gasteiger partial charge in [0, 0.05) is 10.0 Å². The lowest BCUT2D eigenvalue weighted by molar-refractivity contribution is 0.627. The maximum atomic E-state index is 6.15. The Kier molecular flexibility index (Phi) is 7.30. The highest BCUT2D eigenvalue weighted by atomic mass is 127. The van der Waals surface area contributed by atoms with Gasteiger partial charge in [-0.25, -0.2) is 4.99 Å². The predicted octanol–water partition coefficient (Wildman–Crippen LogP) is 2.30. The molecule has 0 amide bonds. The molecule has 120 valence electrons. The molecule has 0 saturated carbocycles. The van der Waals surface area contributed by atoms with Crippen molar-refractivity contribution in [2.75, 3.05) is 0 Å². The lowest BCUT2D eigenvalue weighted by Crippen LogP contribution is -2.34. The van der Waals surface area contributed by atoms with Crippen LogP contribution in [0.3, 0.4) is 0 Å². The number of hydrogen-bond acceptors (Lipinski definition) is 4. The molecule has 1 heterocycles. The molecule has 0 aliphatic carbocycles. The number of tetrazole rings is 1. The first kappa shape index (κ1) is 18.9. The van der Waals surface area contributed by atoms with Crippen molar-refractivity contribution >= 4 is 53.1 Å². The van der Waals surface area contributed by atoms with Crippen LogP contribution in [0.1, 0.15) is 24.4 Å². The summed E-state index contributed by atoms with van der Waals surface area (Å²) in [4.78, 5) is 5.52. The molecular formula is C12H16Cl2IN7. The molecule has 0 radical (unpaired) electrons. The largest absolute Gasteiger partial charge is 0.370 e. The van der Waals surface area contributed by atoms with Crippen LogP contribution in [0, 0.1) is 0 Å². The van der Waals surface area contributed by atoms with Crippen molar-refractivity contribution in [1.82, 2.24) is 25.5 Å². The molecule has 22 heavy (non-hydrogen) atoms. The van der Waals surface area contributed by atoms with E-state index in [1.165, 1.54) is 4.80 Å². The first-order valence-corrected chi connectivity index (χ1v) is 6.95. The summed E-state index contributed by atoms with van der Waals surface area (Å²) in [5.41, 5.74) is 6.72. The summed E-state index contributed by atoms with van der Waals surface area (Å²) in [6.45, 7) is 2.19. The predicted molar refractivity (Wildman–Crippen MR) is 97.6 cm³/mol. The lowest BCUT2D eigenvalue weighted by Gasteiger charge is -2.16. The number of rotatable bonds is 4. The van der Waals surface area contributed by atoms with E-state index in [1.807, 2.05) is 13.0 Å². The standard InChI is InChI=1S/C12H15Cl2N7.HI/c1-7(9-4-3-8(13)5-10(9)14)17-12(15)16-6-11-18-20-21(2)19-11;/h3-5,7H,6H2,1-2H3,(H3,15,16,17);1H. The minimum absolute atomic E-state index is 0. The molecule has 1 aromatic carbocycles. The van der Waals surface area contributed by atoms with Crippen LogP contribution in [0.2, 0.25) is 10.0 Å². The van der Waals surface area contributed by atoms with Crippen molar-refractivity contribution in [2.24, 2.45) is 17.8 Å². The molecule has 10 heteroatoms. The van der Waals surface area contributed by atoms with Crippen molar-refractivity contribution in [2.45, 2.75) is 19.5 Å². The zero-order chi connectivity index (χ0) is 15.4. The molecule has 1 atom stereocenters. The van der Waals surface area contributed by atoms with Gasteiger partial charge >= 0.3 is 0 Å². The fourth-order valence-electron chi connectivity index (χ4n) is 1.74. The summed E-state index contributed by atoms with van der Waals surface area (Å²) in [6.07, 6.45) is 0. The van der Waals surface area contributed by atoms with Gasteiger partial charge in [-0.2, -0.15) is 4.80 Å². The number of hydrogen-bond donors (Lipinski definition) is 2. The minimum Gasteiger partial charge on any atom is -0.370 e. The van der Waals surface area contributed by atoms with Crippen molar-refractivity contribution < 1.29 is 0 Å². The molecule has 0 fully saturated rings. The van der Waals surface area contributed by atoms with E-state index in [0.29, 0.717) is 15.9 Å². The zero-order valence-electron chi connectivity index (χ0n) is 12.0. The van der Waals surface area contributed by atoms with Crippen molar-refractivity contribution in [1.29, 1.82) is 0 Å². The Morgan fingerprint density at radius 3 is 2.77 bits per heavy atom. The number of halogens is 3. The third-order valence-corrected chi connectivity index (χ3v) is 3.30. The van der Waals surface area contributed by atoms with Crippen LogP contribution >= 0.6 is 47.2 Å². The first-order valence-electron chi connectivity index (χ1n) is 6.20. The molecular weight excluding hydrogens is 440 g/mol. The van der Waals surface area contributed by atoms with Gasteiger partial charge in [0.05, 0.1) is 13.1 Å². The Bertz CT molecular complexity index is 659. The number of nitrogens with one attached hydrogen (secondary N) is 1. The second-order valence-electron chi connectivity index (χ2n) is 4.43.